The zero-order valence-corrected chi connectivity index (χ0v) is 12.7. The van der Waals surface area contributed by atoms with Crippen LogP contribution in [0.3, 0.4) is 0 Å². The second-order valence-electron chi connectivity index (χ2n) is 4.96. The van der Waals surface area contributed by atoms with Crippen molar-refractivity contribution in [2.75, 3.05) is 48.3 Å². The third kappa shape index (κ3) is 3.19. The van der Waals surface area contributed by atoms with E-state index >= 15 is 0 Å². The van der Waals surface area contributed by atoms with Crippen LogP contribution in [0.4, 0.5) is 17.3 Å². The summed E-state index contributed by atoms with van der Waals surface area (Å²) >= 11 is 5.93. The minimum atomic E-state index is 0.775. The van der Waals surface area contributed by atoms with E-state index in [0.717, 1.165) is 42.8 Å². The summed E-state index contributed by atoms with van der Waals surface area (Å²) in [6.07, 6.45) is 3.55. The number of hydrogen-bond donors (Lipinski definition) is 1. The third-order valence-electron chi connectivity index (χ3n) is 3.67. The molecule has 0 bridgehead atoms. The monoisotopic (exact) mass is 303 g/mol. The van der Waals surface area contributed by atoms with Gasteiger partial charge in [-0.3, -0.25) is 4.98 Å². The van der Waals surface area contributed by atoms with Crippen LogP contribution in [0.15, 0.2) is 36.7 Å². The fraction of sp³-hybridized carbons (Fsp3) is 0.333. The lowest BCUT2D eigenvalue weighted by atomic mass is 10.2. The highest BCUT2D eigenvalue weighted by atomic mass is 35.5. The lowest BCUT2D eigenvalue weighted by Gasteiger charge is -2.36. The van der Waals surface area contributed by atoms with Crippen LogP contribution in [0.2, 0.25) is 5.02 Å². The first kappa shape index (κ1) is 13.9. The van der Waals surface area contributed by atoms with Gasteiger partial charge in [0.05, 0.1) is 12.4 Å². The summed E-state index contributed by atoms with van der Waals surface area (Å²) in [6, 6.07) is 8.01. The lowest BCUT2D eigenvalue weighted by molar-refractivity contribution is 0.646. The molecule has 0 saturated carbocycles. The SMILES string of the molecule is CNc1cncc(N2CCN(c3ccc(Cl)cc3)CC2)n1. The van der Waals surface area contributed by atoms with E-state index in [1.54, 1.807) is 6.20 Å². The Morgan fingerprint density at radius 1 is 1.00 bits per heavy atom. The van der Waals surface area contributed by atoms with Gasteiger partial charge in [0.15, 0.2) is 0 Å². The molecule has 0 atom stereocenters. The highest BCUT2D eigenvalue weighted by Crippen LogP contribution is 2.21. The second kappa shape index (κ2) is 6.18. The molecule has 1 aliphatic heterocycles. The number of rotatable bonds is 3. The number of hydrogen-bond acceptors (Lipinski definition) is 5. The van der Waals surface area contributed by atoms with E-state index in [1.165, 1.54) is 5.69 Å². The highest BCUT2D eigenvalue weighted by Gasteiger charge is 2.18. The van der Waals surface area contributed by atoms with Crippen molar-refractivity contribution in [3.63, 3.8) is 0 Å². The molecular formula is C15H18ClN5. The van der Waals surface area contributed by atoms with Crippen molar-refractivity contribution in [2.24, 2.45) is 0 Å². The van der Waals surface area contributed by atoms with Crippen LogP contribution in [-0.4, -0.2) is 43.2 Å². The Morgan fingerprint density at radius 2 is 1.67 bits per heavy atom. The maximum atomic E-state index is 5.93. The number of halogens is 1. The van der Waals surface area contributed by atoms with Crippen molar-refractivity contribution in [1.82, 2.24) is 9.97 Å². The predicted molar refractivity (Wildman–Crippen MR) is 87.5 cm³/mol. The van der Waals surface area contributed by atoms with Crippen LogP contribution < -0.4 is 15.1 Å². The smallest absolute Gasteiger partial charge is 0.149 e. The maximum absolute atomic E-state index is 5.93. The van der Waals surface area contributed by atoms with Gasteiger partial charge >= 0.3 is 0 Å². The molecule has 0 unspecified atom stereocenters. The van der Waals surface area contributed by atoms with Crippen molar-refractivity contribution in [1.29, 1.82) is 0 Å². The molecule has 2 aromatic rings. The standard InChI is InChI=1S/C15H18ClN5/c1-17-14-10-18-11-15(19-14)21-8-6-20(7-9-21)13-4-2-12(16)3-5-13/h2-5,10-11H,6-9H2,1H3,(H,17,19). The van der Waals surface area contributed by atoms with Crippen LogP contribution in [0, 0.1) is 0 Å². The average molecular weight is 304 g/mol. The summed E-state index contributed by atoms with van der Waals surface area (Å²) in [5.74, 6) is 1.73. The van der Waals surface area contributed by atoms with Crippen molar-refractivity contribution in [3.05, 3.63) is 41.7 Å². The number of piperazine rings is 1. The van der Waals surface area contributed by atoms with Crippen molar-refractivity contribution in [2.45, 2.75) is 0 Å². The Kier molecular flexibility index (Phi) is 4.10. The molecule has 0 radical (unpaired) electrons. The van der Waals surface area contributed by atoms with Gasteiger partial charge in [-0.15, -0.1) is 0 Å². The molecule has 110 valence electrons. The first-order valence-corrected chi connectivity index (χ1v) is 7.39. The van der Waals surface area contributed by atoms with Crippen molar-refractivity contribution >= 4 is 28.9 Å². The van der Waals surface area contributed by atoms with E-state index in [9.17, 15) is 0 Å². The molecule has 1 N–H and O–H groups in total. The number of nitrogens with one attached hydrogen (secondary N) is 1. The third-order valence-corrected chi connectivity index (χ3v) is 3.93. The Balaban J connectivity index is 1.65. The summed E-state index contributed by atoms with van der Waals surface area (Å²) in [5, 5.41) is 3.80. The van der Waals surface area contributed by atoms with E-state index in [1.807, 2.05) is 25.4 Å². The van der Waals surface area contributed by atoms with Crippen LogP contribution in [0.25, 0.3) is 0 Å². The second-order valence-corrected chi connectivity index (χ2v) is 5.40. The fourth-order valence-corrected chi connectivity index (χ4v) is 2.60. The highest BCUT2D eigenvalue weighted by molar-refractivity contribution is 6.30. The molecule has 0 aliphatic carbocycles. The van der Waals surface area contributed by atoms with Gasteiger partial charge in [-0.2, -0.15) is 0 Å². The molecule has 6 heteroatoms. The number of anilines is 3. The summed E-state index contributed by atoms with van der Waals surface area (Å²) in [7, 11) is 1.85. The first-order valence-electron chi connectivity index (χ1n) is 7.01. The van der Waals surface area contributed by atoms with Gasteiger partial charge in [0, 0.05) is 43.9 Å². The molecule has 5 nitrogen and oxygen atoms in total. The molecular weight excluding hydrogens is 286 g/mol. The molecule has 2 heterocycles. The molecule has 1 aliphatic rings. The molecule has 1 saturated heterocycles. The molecule has 3 rings (SSSR count). The Bertz CT molecular complexity index is 593. The Morgan fingerprint density at radius 3 is 2.33 bits per heavy atom. The number of nitrogens with zero attached hydrogens (tertiary/aromatic N) is 4. The quantitative estimate of drug-likeness (QED) is 0.944. The molecule has 1 aromatic carbocycles. The van der Waals surface area contributed by atoms with Gasteiger partial charge < -0.3 is 15.1 Å². The predicted octanol–water partition coefficient (Wildman–Crippen LogP) is 2.50. The number of aromatic nitrogens is 2. The van der Waals surface area contributed by atoms with Crippen molar-refractivity contribution < 1.29 is 0 Å². The molecule has 0 amide bonds. The summed E-state index contributed by atoms with van der Waals surface area (Å²) in [4.78, 5) is 13.4. The van der Waals surface area contributed by atoms with Gasteiger partial charge in [0.25, 0.3) is 0 Å². The Labute approximate surface area is 129 Å². The first-order chi connectivity index (χ1) is 10.3. The van der Waals surface area contributed by atoms with Gasteiger partial charge in [-0.25, -0.2) is 4.98 Å². The van der Waals surface area contributed by atoms with E-state index in [2.05, 4.69) is 37.2 Å². The van der Waals surface area contributed by atoms with Crippen molar-refractivity contribution in [3.8, 4) is 0 Å². The van der Waals surface area contributed by atoms with Crippen LogP contribution in [0.1, 0.15) is 0 Å². The fourth-order valence-electron chi connectivity index (χ4n) is 2.47. The zero-order valence-electron chi connectivity index (χ0n) is 12.0. The van der Waals surface area contributed by atoms with E-state index < -0.39 is 0 Å². The van der Waals surface area contributed by atoms with Gasteiger partial charge in [-0.1, -0.05) is 11.6 Å². The normalized spacial score (nSPS) is 15.1. The minimum Gasteiger partial charge on any atom is -0.372 e. The molecule has 1 aromatic heterocycles. The molecule has 21 heavy (non-hydrogen) atoms. The van der Waals surface area contributed by atoms with Gasteiger partial charge in [-0.05, 0) is 24.3 Å². The summed E-state index contributed by atoms with van der Waals surface area (Å²) in [6.45, 7) is 3.80. The minimum absolute atomic E-state index is 0.775. The van der Waals surface area contributed by atoms with Crippen LogP contribution in [-0.2, 0) is 0 Å². The zero-order chi connectivity index (χ0) is 14.7. The van der Waals surface area contributed by atoms with Crippen LogP contribution >= 0.6 is 11.6 Å². The molecule has 1 fully saturated rings. The van der Waals surface area contributed by atoms with E-state index in [-0.39, 0.29) is 0 Å². The van der Waals surface area contributed by atoms with Crippen LogP contribution in [0.5, 0.6) is 0 Å². The average Bonchev–Trinajstić information content (AvgIpc) is 2.56. The van der Waals surface area contributed by atoms with E-state index in [4.69, 9.17) is 11.6 Å². The van der Waals surface area contributed by atoms with Gasteiger partial charge in [0.2, 0.25) is 0 Å². The lowest BCUT2D eigenvalue weighted by Crippen LogP contribution is -2.46. The molecule has 0 spiro atoms. The Hall–Kier alpha value is -2.01. The summed E-state index contributed by atoms with van der Waals surface area (Å²) < 4.78 is 0. The van der Waals surface area contributed by atoms with Gasteiger partial charge in [0.1, 0.15) is 11.6 Å². The largest absolute Gasteiger partial charge is 0.372 e. The maximum Gasteiger partial charge on any atom is 0.149 e. The van der Waals surface area contributed by atoms with E-state index in [0.29, 0.717) is 0 Å². The summed E-state index contributed by atoms with van der Waals surface area (Å²) in [5.41, 5.74) is 1.22. The number of benzene rings is 1. The topological polar surface area (TPSA) is 44.3 Å².